The summed E-state index contributed by atoms with van der Waals surface area (Å²) in [6.07, 6.45) is 0.664. The lowest BCUT2D eigenvalue weighted by Crippen LogP contribution is -2.49. The molecule has 4 aromatic carbocycles. The lowest BCUT2D eigenvalue weighted by atomic mass is 9.75. The second-order valence-electron chi connectivity index (χ2n) is 9.59. The summed E-state index contributed by atoms with van der Waals surface area (Å²) in [5, 5.41) is 3.09. The molecular formula is C32H28N2O5. The summed E-state index contributed by atoms with van der Waals surface area (Å²) in [5.41, 5.74) is 3.86. The molecule has 0 spiro atoms. The maximum absolute atomic E-state index is 14.0. The Hall–Kier alpha value is -4.78. The number of amides is 2. The molecule has 1 N–H and O–H groups in total. The Morgan fingerprint density at radius 2 is 1.49 bits per heavy atom. The predicted octanol–water partition coefficient (Wildman–Crippen LogP) is 5.97. The first kappa shape index (κ1) is 24.6. The monoisotopic (exact) mass is 520 g/mol. The molecular weight excluding hydrogens is 492 g/mol. The minimum absolute atomic E-state index is 0.0671. The third-order valence-electron chi connectivity index (χ3n) is 7.41. The predicted molar refractivity (Wildman–Crippen MR) is 148 cm³/mol. The summed E-state index contributed by atoms with van der Waals surface area (Å²) in [6, 6.07) is 27.6. The van der Waals surface area contributed by atoms with Gasteiger partial charge in [0.1, 0.15) is 11.5 Å². The number of anilines is 1. The van der Waals surface area contributed by atoms with E-state index in [1.807, 2.05) is 89.8 Å². The van der Waals surface area contributed by atoms with Crippen molar-refractivity contribution >= 4 is 17.5 Å². The fraction of sp³-hybridized carbons (Fsp3) is 0.188. The van der Waals surface area contributed by atoms with Crippen LogP contribution < -0.4 is 19.5 Å². The molecule has 7 nitrogen and oxygen atoms in total. The Balaban J connectivity index is 1.35. The molecule has 2 aliphatic heterocycles. The molecule has 2 aliphatic rings. The Bertz CT molecular complexity index is 1530. The van der Waals surface area contributed by atoms with Crippen molar-refractivity contribution < 1.29 is 23.8 Å². The molecule has 0 radical (unpaired) electrons. The van der Waals surface area contributed by atoms with E-state index in [1.54, 1.807) is 20.3 Å². The van der Waals surface area contributed by atoms with Gasteiger partial charge < -0.3 is 24.4 Å². The first-order chi connectivity index (χ1) is 19.1. The number of nitrogens with one attached hydrogen (secondary N) is 1. The van der Waals surface area contributed by atoms with Gasteiger partial charge in [0.15, 0.2) is 11.5 Å². The highest BCUT2D eigenvalue weighted by Crippen LogP contribution is 2.48. The van der Waals surface area contributed by atoms with Crippen molar-refractivity contribution in [1.82, 2.24) is 4.90 Å². The molecule has 39 heavy (non-hydrogen) atoms. The number of nitrogens with zero attached hydrogens (tertiary/aromatic N) is 1. The van der Waals surface area contributed by atoms with E-state index < -0.39 is 12.0 Å². The highest BCUT2D eigenvalue weighted by atomic mass is 16.5. The molecule has 0 saturated carbocycles. The maximum atomic E-state index is 14.0. The van der Waals surface area contributed by atoms with Crippen molar-refractivity contribution in [2.24, 2.45) is 0 Å². The zero-order valence-corrected chi connectivity index (χ0v) is 21.7. The molecule has 4 aromatic rings. The van der Waals surface area contributed by atoms with Crippen LogP contribution in [0.5, 0.6) is 23.0 Å². The average Bonchev–Trinajstić information content (AvgIpc) is 2.98. The maximum Gasteiger partial charge on any atom is 0.254 e. The number of para-hydroxylation sites is 1. The zero-order valence-electron chi connectivity index (χ0n) is 21.7. The Kier molecular flexibility index (Phi) is 6.40. The van der Waals surface area contributed by atoms with Crippen LogP contribution in [0.25, 0.3) is 0 Å². The van der Waals surface area contributed by atoms with Crippen molar-refractivity contribution in [3.8, 4) is 23.0 Å². The number of hydrogen-bond acceptors (Lipinski definition) is 5. The summed E-state index contributed by atoms with van der Waals surface area (Å²) in [4.78, 5) is 29.4. The largest absolute Gasteiger partial charge is 0.493 e. The van der Waals surface area contributed by atoms with Gasteiger partial charge in [-0.1, -0.05) is 36.4 Å². The van der Waals surface area contributed by atoms with E-state index in [9.17, 15) is 9.59 Å². The molecule has 2 heterocycles. The quantitative estimate of drug-likeness (QED) is 0.339. The molecule has 0 bridgehead atoms. The number of ether oxygens (including phenoxy) is 3. The van der Waals surface area contributed by atoms with Gasteiger partial charge in [0.2, 0.25) is 5.91 Å². The van der Waals surface area contributed by atoms with Crippen molar-refractivity contribution in [3.05, 3.63) is 113 Å². The van der Waals surface area contributed by atoms with Gasteiger partial charge in [0.25, 0.3) is 5.91 Å². The summed E-state index contributed by atoms with van der Waals surface area (Å²) < 4.78 is 17.0. The number of carbonyl (C=O) groups is 2. The van der Waals surface area contributed by atoms with E-state index in [0.717, 1.165) is 16.9 Å². The number of rotatable bonds is 6. The zero-order chi connectivity index (χ0) is 26.9. The van der Waals surface area contributed by atoms with E-state index in [1.165, 1.54) is 0 Å². The van der Waals surface area contributed by atoms with Crippen LogP contribution in [-0.4, -0.2) is 37.5 Å². The van der Waals surface area contributed by atoms with Crippen LogP contribution in [0.4, 0.5) is 5.69 Å². The van der Waals surface area contributed by atoms with Gasteiger partial charge in [-0.3, -0.25) is 9.59 Å². The fourth-order valence-electron chi connectivity index (χ4n) is 5.59. The van der Waals surface area contributed by atoms with Gasteiger partial charge in [0, 0.05) is 17.8 Å². The molecule has 2 atom stereocenters. The van der Waals surface area contributed by atoms with Crippen LogP contribution in [0, 0.1) is 0 Å². The normalized spacial score (nSPS) is 17.4. The van der Waals surface area contributed by atoms with Crippen molar-refractivity contribution in [1.29, 1.82) is 0 Å². The van der Waals surface area contributed by atoms with Gasteiger partial charge in [-0.25, -0.2) is 0 Å². The lowest BCUT2D eigenvalue weighted by molar-refractivity contribution is -0.119. The van der Waals surface area contributed by atoms with Crippen LogP contribution >= 0.6 is 0 Å². The third kappa shape index (κ3) is 4.46. The number of methoxy groups -OCH3 is 2. The highest BCUT2D eigenvalue weighted by molar-refractivity contribution is 6.04. The van der Waals surface area contributed by atoms with Crippen LogP contribution in [0.3, 0.4) is 0 Å². The molecule has 0 aromatic heterocycles. The number of hydrogen-bond donors (Lipinski definition) is 1. The molecule has 2 amide bonds. The van der Waals surface area contributed by atoms with Gasteiger partial charge in [-0.15, -0.1) is 0 Å². The van der Waals surface area contributed by atoms with Gasteiger partial charge in [-0.2, -0.15) is 0 Å². The van der Waals surface area contributed by atoms with Gasteiger partial charge in [0.05, 0.1) is 26.2 Å². The van der Waals surface area contributed by atoms with Crippen LogP contribution in [0.2, 0.25) is 0 Å². The first-order valence-corrected chi connectivity index (χ1v) is 12.9. The topological polar surface area (TPSA) is 77.1 Å². The smallest absolute Gasteiger partial charge is 0.254 e. The van der Waals surface area contributed by atoms with Gasteiger partial charge in [-0.05, 0) is 77.7 Å². The molecule has 0 saturated heterocycles. The summed E-state index contributed by atoms with van der Waals surface area (Å²) in [7, 11) is 3.19. The van der Waals surface area contributed by atoms with E-state index in [2.05, 4.69) is 5.32 Å². The van der Waals surface area contributed by atoms with Crippen LogP contribution in [0.15, 0.2) is 91.0 Å². The van der Waals surface area contributed by atoms with E-state index >= 15 is 0 Å². The average molecular weight is 521 g/mol. The minimum Gasteiger partial charge on any atom is -0.493 e. The van der Waals surface area contributed by atoms with Gasteiger partial charge >= 0.3 is 0 Å². The Labute approximate surface area is 226 Å². The SMILES string of the molecule is COc1cc2c(cc1OC)[C@H]1[C@H](C(=O)Nc3ccc(Oc4ccccc4)cc3)c3ccccc3C(=O)N1CC2. The Morgan fingerprint density at radius 1 is 0.821 bits per heavy atom. The van der Waals surface area contributed by atoms with Crippen molar-refractivity contribution in [3.63, 3.8) is 0 Å². The molecule has 0 fully saturated rings. The molecule has 196 valence electrons. The highest BCUT2D eigenvalue weighted by Gasteiger charge is 2.46. The molecule has 7 heteroatoms. The molecule has 6 rings (SSSR count). The third-order valence-corrected chi connectivity index (χ3v) is 7.41. The van der Waals surface area contributed by atoms with Crippen LogP contribution in [0.1, 0.15) is 39.0 Å². The summed E-state index contributed by atoms with van der Waals surface area (Å²) >= 11 is 0. The second-order valence-corrected chi connectivity index (χ2v) is 9.59. The van der Waals surface area contributed by atoms with E-state index in [4.69, 9.17) is 14.2 Å². The summed E-state index contributed by atoms with van der Waals surface area (Å²) in [6.45, 7) is 0.510. The number of fused-ring (bicyclic) bond motifs is 4. The summed E-state index contributed by atoms with van der Waals surface area (Å²) in [5.74, 6) is 1.73. The molecule has 0 unspecified atom stereocenters. The molecule has 0 aliphatic carbocycles. The first-order valence-electron chi connectivity index (χ1n) is 12.9. The lowest BCUT2D eigenvalue weighted by Gasteiger charge is -2.45. The van der Waals surface area contributed by atoms with Crippen molar-refractivity contribution in [2.75, 3.05) is 26.1 Å². The number of carbonyl (C=O) groups excluding carboxylic acids is 2. The van der Waals surface area contributed by atoms with Crippen LogP contribution in [-0.2, 0) is 11.2 Å². The fourth-order valence-corrected chi connectivity index (χ4v) is 5.59. The Morgan fingerprint density at radius 3 is 2.23 bits per heavy atom. The standard InChI is InChI=1S/C32H28N2O5/c1-37-27-18-20-16-17-34-30(26(20)19-28(27)38-2)29(24-10-6-7-11-25(24)32(34)36)31(35)33-21-12-14-23(15-13-21)39-22-8-4-3-5-9-22/h3-15,18-19,29-30H,16-17H2,1-2H3,(H,33,35)/t29-,30+/m1/s1. The van der Waals surface area contributed by atoms with E-state index in [0.29, 0.717) is 47.0 Å². The van der Waals surface area contributed by atoms with Crippen molar-refractivity contribution in [2.45, 2.75) is 18.4 Å². The second kappa shape index (κ2) is 10.2. The number of benzene rings is 4. The van der Waals surface area contributed by atoms with E-state index in [-0.39, 0.29) is 11.8 Å². The minimum atomic E-state index is -0.615.